The van der Waals surface area contributed by atoms with Crippen molar-refractivity contribution in [1.82, 2.24) is 40.2 Å². The fourth-order valence-electron chi connectivity index (χ4n) is 6.37. The van der Waals surface area contributed by atoms with Gasteiger partial charge in [-0.3, -0.25) is 28.4 Å². The minimum atomic E-state index is -1.14. The van der Waals surface area contributed by atoms with Crippen LogP contribution in [0, 0.1) is 0 Å². The van der Waals surface area contributed by atoms with Crippen molar-refractivity contribution in [2.75, 3.05) is 32.7 Å². The van der Waals surface area contributed by atoms with Gasteiger partial charge in [-0.2, -0.15) is 5.10 Å². The number of benzene rings is 2. The topological polar surface area (TPSA) is 163 Å². The van der Waals surface area contributed by atoms with E-state index < -0.39 is 5.60 Å². The van der Waals surface area contributed by atoms with Crippen LogP contribution in [0.3, 0.4) is 0 Å². The van der Waals surface area contributed by atoms with E-state index in [1.807, 2.05) is 66.4 Å². The summed E-state index contributed by atoms with van der Waals surface area (Å²) in [4.78, 5) is 56.0. The molecule has 4 aromatic rings. The molecule has 266 valence electrons. The van der Waals surface area contributed by atoms with Crippen molar-refractivity contribution in [3.63, 3.8) is 0 Å². The minimum Gasteiger partial charge on any atom is -0.388 e. The first-order chi connectivity index (χ1) is 24.0. The summed E-state index contributed by atoms with van der Waals surface area (Å²) in [6.07, 6.45) is 4.21. The molecule has 1 saturated heterocycles. The van der Waals surface area contributed by atoms with Gasteiger partial charge in [0.2, 0.25) is 17.7 Å². The standard InChI is InChI=1S/C37H48N8O5/c1-26(29-9-5-4-6-10-29)21-32(48)44-19-15-37(50,16-20-44)24-45-25-41-33-34(36(45)49)42-43(3)35(33)30-13-11-28(12-14-30)22-38-23-31(47)40-18-8-7-17-39-27(2)46/h4-6,9-14,25-26,38,50H,7-8,15-24H2,1-3H3,(H,39,46)(H,40,47). The minimum absolute atomic E-state index is 0.0538. The first-order valence-electron chi connectivity index (χ1n) is 17.3. The zero-order chi connectivity index (χ0) is 35.7. The van der Waals surface area contributed by atoms with Crippen LogP contribution in [0.15, 0.2) is 65.7 Å². The van der Waals surface area contributed by atoms with E-state index in [2.05, 4.69) is 26.0 Å². The molecule has 1 fully saturated rings. The third kappa shape index (κ3) is 9.42. The van der Waals surface area contributed by atoms with Crippen LogP contribution < -0.4 is 21.5 Å². The Labute approximate surface area is 292 Å². The Bertz CT molecular complexity index is 1830. The van der Waals surface area contributed by atoms with Crippen molar-refractivity contribution >= 4 is 28.8 Å². The lowest BCUT2D eigenvalue weighted by molar-refractivity contribution is -0.136. The Morgan fingerprint density at radius 2 is 1.64 bits per heavy atom. The molecule has 1 atom stereocenters. The Morgan fingerprint density at radius 3 is 2.32 bits per heavy atom. The van der Waals surface area contributed by atoms with Gasteiger partial charge in [-0.15, -0.1) is 0 Å². The fraction of sp³-hybridized carbons (Fsp3) is 0.459. The smallest absolute Gasteiger partial charge is 0.281 e. The monoisotopic (exact) mass is 684 g/mol. The summed E-state index contributed by atoms with van der Waals surface area (Å²) in [6.45, 7) is 6.32. The van der Waals surface area contributed by atoms with Gasteiger partial charge in [0.1, 0.15) is 5.52 Å². The van der Waals surface area contributed by atoms with Gasteiger partial charge in [0.15, 0.2) is 5.52 Å². The molecule has 5 rings (SSSR count). The van der Waals surface area contributed by atoms with Gasteiger partial charge in [0.25, 0.3) is 5.56 Å². The molecule has 0 saturated carbocycles. The lowest BCUT2D eigenvalue weighted by atomic mass is 9.90. The summed E-state index contributed by atoms with van der Waals surface area (Å²) < 4.78 is 3.07. The predicted molar refractivity (Wildman–Crippen MR) is 191 cm³/mol. The number of likely N-dealkylation sites (tertiary alicyclic amines) is 1. The SMILES string of the molecule is CC(=O)NCCCCNC(=O)CNCc1ccc(-c2c3ncn(CC4(O)CCN(C(=O)CC(C)c5ccccc5)CC4)c(=O)c3nn2C)cc1. The number of nitrogens with zero attached hydrogens (tertiary/aromatic N) is 5. The second kappa shape index (κ2) is 16.7. The molecule has 0 spiro atoms. The Morgan fingerprint density at radius 1 is 0.960 bits per heavy atom. The summed E-state index contributed by atoms with van der Waals surface area (Å²) in [5, 5.41) is 24.7. The molecule has 2 aromatic heterocycles. The maximum atomic E-state index is 13.5. The summed E-state index contributed by atoms with van der Waals surface area (Å²) >= 11 is 0. The number of amides is 3. The second-order valence-electron chi connectivity index (χ2n) is 13.3. The third-order valence-electron chi connectivity index (χ3n) is 9.31. The van der Waals surface area contributed by atoms with Gasteiger partial charge in [0.05, 0.1) is 30.7 Å². The van der Waals surface area contributed by atoms with Crippen LogP contribution in [0.25, 0.3) is 22.3 Å². The third-order valence-corrected chi connectivity index (χ3v) is 9.31. The molecule has 1 aliphatic rings. The molecule has 0 radical (unpaired) electrons. The van der Waals surface area contributed by atoms with Crippen molar-refractivity contribution in [3.8, 4) is 11.3 Å². The highest BCUT2D eigenvalue weighted by molar-refractivity contribution is 5.89. The van der Waals surface area contributed by atoms with Crippen LogP contribution in [0.4, 0.5) is 0 Å². The zero-order valence-corrected chi connectivity index (χ0v) is 29.2. The van der Waals surface area contributed by atoms with E-state index >= 15 is 0 Å². The van der Waals surface area contributed by atoms with E-state index in [4.69, 9.17) is 0 Å². The molecule has 50 heavy (non-hydrogen) atoms. The molecule has 3 amide bonds. The first-order valence-corrected chi connectivity index (χ1v) is 17.3. The average molecular weight is 685 g/mol. The number of piperidine rings is 1. The van der Waals surface area contributed by atoms with E-state index in [0.717, 1.165) is 29.5 Å². The number of hydrogen-bond acceptors (Lipinski definition) is 8. The second-order valence-corrected chi connectivity index (χ2v) is 13.3. The van der Waals surface area contributed by atoms with Gasteiger partial charge < -0.3 is 26.0 Å². The molecular weight excluding hydrogens is 636 g/mol. The van der Waals surface area contributed by atoms with Crippen molar-refractivity contribution in [1.29, 1.82) is 0 Å². The molecule has 3 heterocycles. The molecule has 1 unspecified atom stereocenters. The van der Waals surface area contributed by atoms with Gasteiger partial charge >= 0.3 is 0 Å². The summed E-state index contributed by atoms with van der Waals surface area (Å²) in [5.74, 6) is 0.0347. The largest absolute Gasteiger partial charge is 0.388 e. The number of unbranched alkanes of at least 4 members (excludes halogenated alkanes) is 1. The van der Waals surface area contributed by atoms with Crippen LogP contribution in [0.1, 0.15) is 63.0 Å². The van der Waals surface area contributed by atoms with E-state index in [1.54, 1.807) is 11.7 Å². The number of nitrogens with one attached hydrogen (secondary N) is 3. The van der Waals surface area contributed by atoms with E-state index in [0.29, 0.717) is 63.2 Å². The highest BCUT2D eigenvalue weighted by atomic mass is 16.3. The van der Waals surface area contributed by atoms with E-state index in [-0.39, 0.29) is 47.8 Å². The molecular formula is C37H48N8O5. The van der Waals surface area contributed by atoms with Gasteiger partial charge in [0, 0.05) is 58.7 Å². The Kier molecular flexibility index (Phi) is 12.1. The van der Waals surface area contributed by atoms with Crippen LogP contribution in [-0.4, -0.2) is 85.4 Å². The Balaban J connectivity index is 1.13. The average Bonchev–Trinajstić information content (AvgIpc) is 3.44. The van der Waals surface area contributed by atoms with E-state index in [9.17, 15) is 24.3 Å². The van der Waals surface area contributed by atoms with Crippen molar-refractivity contribution < 1.29 is 19.5 Å². The molecule has 0 bridgehead atoms. The number of rotatable bonds is 15. The number of carbonyl (C=O) groups excluding carboxylic acids is 3. The number of fused-ring (bicyclic) bond motifs is 1. The summed E-state index contributed by atoms with van der Waals surface area (Å²) in [5.41, 5.74) is 2.91. The van der Waals surface area contributed by atoms with Gasteiger partial charge in [-0.25, -0.2) is 4.98 Å². The van der Waals surface area contributed by atoms with Crippen LogP contribution in [-0.2, 0) is 34.5 Å². The normalized spacial score (nSPS) is 14.8. The van der Waals surface area contributed by atoms with Gasteiger partial charge in [-0.1, -0.05) is 61.5 Å². The summed E-state index contributed by atoms with van der Waals surface area (Å²) in [6, 6.07) is 17.8. The summed E-state index contributed by atoms with van der Waals surface area (Å²) in [7, 11) is 1.77. The lowest BCUT2D eigenvalue weighted by Crippen LogP contribution is -2.49. The van der Waals surface area contributed by atoms with E-state index in [1.165, 1.54) is 17.8 Å². The van der Waals surface area contributed by atoms with Crippen molar-refractivity contribution in [3.05, 3.63) is 82.4 Å². The number of aryl methyl sites for hydroxylation is 1. The molecule has 2 aromatic carbocycles. The number of aliphatic hydroxyl groups is 1. The zero-order valence-electron chi connectivity index (χ0n) is 29.2. The fourth-order valence-corrected chi connectivity index (χ4v) is 6.37. The quantitative estimate of drug-likeness (QED) is 0.139. The van der Waals surface area contributed by atoms with Crippen molar-refractivity contribution in [2.45, 2.75) is 70.6 Å². The molecule has 1 aliphatic heterocycles. The van der Waals surface area contributed by atoms with Gasteiger partial charge in [-0.05, 0) is 42.7 Å². The maximum absolute atomic E-state index is 13.5. The molecule has 0 aliphatic carbocycles. The van der Waals surface area contributed by atoms with Crippen LogP contribution in [0.5, 0.6) is 0 Å². The number of aromatic nitrogens is 4. The molecule has 13 heteroatoms. The molecule has 4 N–H and O–H groups in total. The Hall–Kier alpha value is -4.88. The number of carbonyl (C=O) groups is 3. The lowest BCUT2D eigenvalue weighted by Gasteiger charge is -2.38. The maximum Gasteiger partial charge on any atom is 0.281 e. The van der Waals surface area contributed by atoms with Crippen LogP contribution >= 0.6 is 0 Å². The predicted octanol–water partition coefficient (Wildman–Crippen LogP) is 2.47. The highest BCUT2D eigenvalue weighted by Crippen LogP contribution is 2.28. The highest BCUT2D eigenvalue weighted by Gasteiger charge is 2.35. The van der Waals surface area contributed by atoms with Crippen molar-refractivity contribution in [2.24, 2.45) is 7.05 Å². The first kappa shape index (κ1) is 36.4. The van der Waals surface area contributed by atoms with Crippen LogP contribution in [0.2, 0.25) is 0 Å². The number of hydrogen-bond donors (Lipinski definition) is 4. The molecule has 13 nitrogen and oxygen atoms in total.